The number of nitrogens with one attached hydrogen (secondary N) is 1. The van der Waals surface area contributed by atoms with Gasteiger partial charge in [0, 0.05) is 32.5 Å². The Labute approximate surface area is 127 Å². The predicted octanol–water partition coefficient (Wildman–Crippen LogP) is 1.83. The zero-order valence-corrected chi connectivity index (χ0v) is 12.5. The molecule has 2 atom stereocenters. The maximum Gasteiger partial charge on any atom is 0.318 e. The average molecular weight is 310 g/mol. The summed E-state index contributed by atoms with van der Waals surface area (Å²) in [6, 6.07) is 0.315. The van der Waals surface area contributed by atoms with E-state index in [1.54, 1.807) is 25.7 Å². The molecule has 0 saturated carbocycles. The van der Waals surface area contributed by atoms with Gasteiger partial charge in [0.05, 0.1) is 25.5 Å². The largest absolute Gasteiger partial charge is 0.467 e. The first kappa shape index (κ1) is 14.1. The monoisotopic (exact) mass is 309 g/mol. The molecular weight excluding hydrogens is 294 g/mol. The van der Waals surface area contributed by atoms with Crippen molar-refractivity contribution in [1.82, 2.24) is 19.9 Å². The second-order valence-electron chi connectivity index (χ2n) is 4.76. The summed E-state index contributed by atoms with van der Waals surface area (Å²) in [6.07, 6.45) is 5.98. The summed E-state index contributed by atoms with van der Waals surface area (Å²) in [5.41, 5.74) is 0. The van der Waals surface area contributed by atoms with Gasteiger partial charge in [-0.1, -0.05) is 11.6 Å². The topological polar surface area (TPSA) is 76.2 Å². The van der Waals surface area contributed by atoms with Gasteiger partial charge in [0.15, 0.2) is 5.82 Å². The van der Waals surface area contributed by atoms with Gasteiger partial charge in [-0.2, -0.15) is 4.98 Å². The number of imidazole rings is 1. The Kier molecular flexibility index (Phi) is 3.94. The van der Waals surface area contributed by atoms with Crippen LogP contribution < -0.4 is 9.64 Å². The molecule has 1 fully saturated rings. The van der Waals surface area contributed by atoms with Gasteiger partial charge in [-0.3, -0.25) is 0 Å². The first-order chi connectivity index (χ1) is 10.2. The van der Waals surface area contributed by atoms with Gasteiger partial charge in [0.1, 0.15) is 10.8 Å². The smallest absolute Gasteiger partial charge is 0.318 e. The number of aromatic amines is 1. The fourth-order valence-electron chi connectivity index (χ4n) is 2.56. The molecule has 0 radical (unpaired) electrons. The van der Waals surface area contributed by atoms with Crippen molar-refractivity contribution in [3.8, 4) is 6.01 Å². The van der Waals surface area contributed by atoms with Crippen LogP contribution in [0.3, 0.4) is 0 Å². The van der Waals surface area contributed by atoms with E-state index in [4.69, 9.17) is 21.1 Å². The van der Waals surface area contributed by atoms with Crippen LogP contribution in [0, 0.1) is 0 Å². The van der Waals surface area contributed by atoms with Gasteiger partial charge in [0.2, 0.25) is 0 Å². The number of nitrogens with zero attached hydrogens (tertiary/aromatic N) is 4. The van der Waals surface area contributed by atoms with Crippen molar-refractivity contribution in [2.75, 3.05) is 25.7 Å². The van der Waals surface area contributed by atoms with E-state index >= 15 is 0 Å². The van der Waals surface area contributed by atoms with Crippen LogP contribution in [0.15, 0.2) is 18.6 Å². The van der Waals surface area contributed by atoms with Crippen LogP contribution in [0.4, 0.5) is 5.82 Å². The SMILES string of the molecule is COc1ncc(Cl)c(N2C[C@H](OC)CC2c2ncc[nH]2)n1. The fourth-order valence-corrected chi connectivity index (χ4v) is 2.76. The van der Waals surface area contributed by atoms with Crippen LogP contribution in [0.5, 0.6) is 6.01 Å². The Morgan fingerprint density at radius 3 is 2.90 bits per heavy atom. The third-order valence-electron chi connectivity index (χ3n) is 3.59. The van der Waals surface area contributed by atoms with E-state index in [-0.39, 0.29) is 18.2 Å². The first-order valence-corrected chi connectivity index (χ1v) is 6.96. The number of halogens is 1. The van der Waals surface area contributed by atoms with Crippen molar-refractivity contribution in [2.45, 2.75) is 18.6 Å². The average Bonchev–Trinajstić information content (AvgIpc) is 3.16. The standard InChI is InChI=1S/C13H16ClN5O2/c1-20-8-5-10(11-15-3-4-16-11)19(7-8)12-9(14)6-17-13(18-12)21-2/h3-4,6,8,10H,5,7H2,1-2H3,(H,15,16)/t8-,10?/m1/s1. The van der Waals surface area contributed by atoms with Gasteiger partial charge in [-0.25, -0.2) is 9.97 Å². The van der Waals surface area contributed by atoms with Crippen molar-refractivity contribution >= 4 is 17.4 Å². The number of ether oxygens (including phenoxy) is 2. The lowest BCUT2D eigenvalue weighted by Crippen LogP contribution is -2.26. The molecule has 0 spiro atoms. The summed E-state index contributed by atoms with van der Waals surface area (Å²) in [6.45, 7) is 0.682. The van der Waals surface area contributed by atoms with Crippen molar-refractivity contribution in [3.63, 3.8) is 0 Å². The molecule has 21 heavy (non-hydrogen) atoms. The number of hydrogen-bond acceptors (Lipinski definition) is 6. The first-order valence-electron chi connectivity index (χ1n) is 6.58. The molecule has 1 aliphatic heterocycles. The van der Waals surface area contributed by atoms with Gasteiger partial charge in [-0.05, 0) is 0 Å². The molecule has 1 N–H and O–H groups in total. The maximum atomic E-state index is 6.26. The maximum absolute atomic E-state index is 6.26. The summed E-state index contributed by atoms with van der Waals surface area (Å²) >= 11 is 6.26. The Balaban J connectivity index is 1.98. The lowest BCUT2D eigenvalue weighted by molar-refractivity contribution is 0.118. The molecule has 0 amide bonds. The number of H-pyrrole nitrogens is 1. The summed E-state index contributed by atoms with van der Waals surface area (Å²) in [5.74, 6) is 1.49. The van der Waals surface area contributed by atoms with E-state index in [2.05, 4.69) is 24.8 Å². The highest BCUT2D eigenvalue weighted by Gasteiger charge is 2.36. The zero-order valence-electron chi connectivity index (χ0n) is 11.8. The van der Waals surface area contributed by atoms with Gasteiger partial charge >= 0.3 is 6.01 Å². The third-order valence-corrected chi connectivity index (χ3v) is 3.86. The normalized spacial score (nSPS) is 21.8. The number of hydrogen-bond donors (Lipinski definition) is 1. The van der Waals surface area contributed by atoms with Crippen LogP contribution in [-0.4, -0.2) is 46.8 Å². The molecule has 7 nitrogen and oxygen atoms in total. The Morgan fingerprint density at radius 1 is 1.38 bits per heavy atom. The van der Waals surface area contributed by atoms with Crippen LogP contribution in [0.2, 0.25) is 5.02 Å². The van der Waals surface area contributed by atoms with E-state index < -0.39 is 0 Å². The third kappa shape index (κ3) is 2.66. The van der Waals surface area contributed by atoms with Crippen molar-refractivity contribution < 1.29 is 9.47 Å². The highest BCUT2D eigenvalue weighted by molar-refractivity contribution is 6.32. The quantitative estimate of drug-likeness (QED) is 0.928. The Bertz CT molecular complexity index is 607. The summed E-state index contributed by atoms with van der Waals surface area (Å²) in [4.78, 5) is 17.9. The van der Waals surface area contributed by atoms with Crippen LogP contribution in [-0.2, 0) is 4.74 Å². The molecule has 2 aromatic heterocycles. The van der Waals surface area contributed by atoms with E-state index in [1.807, 2.05) is 0 Å². The molecule has 2 aromatic rings. The number of aromatic nitrogens is 4. The van der Waals surface area contributed by atoms with Crippen molar-refractivity contribution in [1.29, 1.82) is 0 Å². The molecule has 1 unspecified atom stereocenters. The molecular formula is C13H16ClN5O2. The fraction of sp³-hybridized carbons (Fsp3) is 0.462. The highest BCUT2D eigenvalue weighted by atomic mass is 35.5. The predicted molar refractivity (Wildman–Crippen MR) is 77.7 cm³/mol. The summed E-state index contributed by atoms with van der Waals surface area (Å²) in [5, 5.41) is 0.476. The van der Waals surface area contributed by atoms with Crippen LogP contribution >= 0.6 is 11.6 Å². The summed E-state index contributed by atoms with van der Waals surface area (Å²) in [7, 11) is 3.23. The summed E-state index contributed by atoms with van der Waals surface area (Å²) < 4.78 is 10.6. The number of anilines is 1. The number of rotatable bonds is 4. The molecule has 3 rings (SSSR count). The molecule has 0 aliphatic carbocycles. The van der Waals surface area contributed by atoms with E-state index in [9.17, 15) is 0 Å². The minimum Gasteiger partial charge on any atom is -0.467 e. The lowest BCUT2D eigenvalue weighted by atomic mass is 10.2. The molecule has 1 aliphatic rings. The van der Waals surface area contributed by atoms with Gasteiger partial charge in [-0.15, -0.1) is 0 Å². The van der Waals surface area contributed by atoms with Crippen molar-refractivity contribution in [2.24, 2.45) is 0 Å². The second kappa shape index (κ2) is 5.87. The number of methoxy groups -OCH3 is 2. The van der Waals surface area contributed by atoms with E-state index in [0.717, 1.165) is 12.2 Å². The van der Waals surface area contributed by atoms with E-state index in [1.165, 1.54) is 7.11 Å². The van der Waals surface area contributed by atoms with Crippen LogP contribution in [0.25, 0.3) is 0 Å². The minimum absolute atomic E-state index is 0.0297. The molecule has 1 saturated heterocycles. The minimum atomic E-state index is 0.0297. The Morgan fingerprint density at radius 2 is 2.24 bits per heavy atom. The highest BCUT2D eigenvalue weighted by Crippen LogP contribution is 2.38. The molecule has 8 heteroatoms. The molecule has 112 valence electrons. The molecule has 0 aromatic carbocycles. The van der Waals surface area contributed by atoms with Gasteiger partial charge < -0.3 is 19.4 Å². The lowest BCUT2D eigenvalue weighted by Gasteiger charge is -2.24. The molecule has 0 bridgehead atoms. The Hall–Kier alpha value is -1.86. The van der Waals surface area contributed by atoms with Crippen LogP contribution in [0.1, 0.15) is 18.3 Å². The molecule has 3 heterocycles. The zero-order chi connectivity index (χ0) is 14.8. The van der Waals surface area contributed by atoms with Gasteiger partial charge in [0.25, 0.3) is 0 Å². The van der Waals surface area contributed by atoms with Crippen molar-refractivity contribution in [3.05, 3.63) is 29.4 Å². The second-order valence-corrected chi connectivity index (χ2v) is 5.17. The van der Waals surface area contributed by atoms with E-state index in [0.29, 0.717) is 17.4 Å².